The number of alkyl halides is 2. The molecule has 0 heterocycles. The van der Waals surface area contributed by atoms with E-state index in [1.54, 1.807) is 6.92 Å². The molecule has 0 aliphatic heterocycles. The number of aromatic carboxylic acids is 1. The summed E-state index contributed by atoms with van der Waals surface area (Å²) in [6.45, 7) is 2.12. The van der Waals surface area contributed by atoms with Gasteiger partial charge in [-0.1, -0.05) is 0 Å². The van der Waals surface area contributed by atoms with Crippen LogP contribution in [0, 0.1) is 13.8 Å². The molecule has 8 heteroatoms. The van der Waals surface area contributed by atoms with Gasteiger partial charge in [-0.15, -0.1) is 0 Å². The zero-order valence-corrected chi connectivity index (χ0v) is 12.0. The van der Waals surface area contributed by atoms with Crippen LogP contribution in [0.2, 0.25) is 0 Å². The lowest BCUT2D eigenvalue weighted by Gasteiger charge is -2.19. The van der Waals surface area contributed by atoms with Gasteiger partial charge in [0.25, 0.3) is 6.43 Å². The highest BCUT2D eigenvalue weighted by Gasteiger charge is 2.27. The molecule has 0 aromatic heterocycles. The van der Waals surface area contributed by atoms with Gasteiger partial charge in [-0.25, -0.2) is 22.0 Å². The van der Waals surface area contributed by atoms with E-state index in [1.807, 2.05) is 0 Å². The summed E-state index contributed by atoms with van der Waals surface area (Å²) in [4.78, 5) is 10.7. The number of sulfonamides is 1. The van der Waals surface area contributed by atoms with Crippen molar-refractivity contribution in [3.63, 3.8) is 0 Å². The molecule has 0 aliphatic carbocycles. The second-order valence-corrected chi connectivity index (χ2v) is 6.41. The molecule has 5 nitrogen and oxygen atoms in total. The number of nitrogens with zero attached hydrogens (tertiary/aromatic N) is 1. The number of hydrogen-bond acceptors (Lipinski definition) is 3. The molecular formula is C12H15F2NO4S. The first-order valence-electron chi connectivity index (χ1n) is 5.66. The molecular weight excluding hydrogens is 292 g/mol. The van der Waals surface area contributed by atoms with Crippen molar-refractivity contribution in [2.75, 3.05) is 13.6 Å². The monoisotopic (exact) mass is 307 g/mol. The first-order chi connectivity index (χ1) is 9.07. The van der Waals surface area contributed by atoms with Crippen LogP contribution in [0.4, 0.5) is 8.78 Å². The van der Waals surface area contributed by atoms with E-state index >= 15 is 0 Å². The van der Waals surface area contributed by atoms with Crippen molar-refractivity contribution in [3.8, 4) is 0 Å². The van der Waals surface area contributed by atoms with E-state index in [9.17, 15) is 22.0 Å². The summed E-state index contributed by atoms with van der Waals surface area (Å²) in [6.07, 6.45) is -2.81. The topological polar surface area (TPSA) is 74.7 Å². The first-order valence-corrected chi connectivity index (χ1v) is 7.10. The molecule has 1 aromatic rings. The van der Waals surface area contributed by atoms with Crippen molar-refractivity contribution in [3.05, 3.63) is 28.8 Å². The van der Waals surface area contributed by atoms with Gasteiger partial charge in [-0.3, -0.25) is 0 Å². The van der Waals surface area contributed by atoms with Crippen molar-refractivity contribution < 1.29 is 27.1 Å². The second-order valence-electron chi connectivity index (χ2n) is 4.40. The van der Waals surface area contributed by atoms with Crippen LogP contribution >= 0.6 is 0 Å². The van der Waals surface area contributed by atoms with E-state index < -0.39 is 29.0 Å². The van der Waals surface area contributed by atoms with Gasteiger partial charge in [0.05, 0.1) is 17.0 Å². The van der Waals surface area contributed by atoms with Gasteiger partial charge in [0.2, 0.25) is 10.0 Å². The van der Waals surface area contributed by atoms with Crippen molar-refractivity contribution in [1.82, 2.24) is 4.31 Å². The lowest BCUT2D eigenvalue weighted by molar-refractivity contribution is 0.0696. The van der Waals surface area contributed by atoms with E-state index in [0.29, 0.717) is 15.4 Å². The Morgan fingerprint density at radius 3 is 2.35 bits per heavy atom. The molecule has 0 amide bonds. The summed E-state index contributed by atoms with van der Waals surface area (Å²) >= 11 is 0. The van der Waals surface area contributed by atoms with Gasteiger partial charge in [0.1, 0.15) is 0 Å². The fourth-order valence-electron chi connectivity index (χ4n) is 1.68. The lowest BCUT2D eigenvalue weighted by atomic mass is 10.1. The Balaban J connectivity index is 3.41. The summed E-state index contributed by atoms with van der Waals surface area (Å²) in [5.41, 5.74) is 0.613. The van der Waals surface area contributed by atoms with Gasteiger partial charge in [-0.2, -0.15) is 4.31 Å². The molecule has 0 saturated heterocycles. The Bertz CT molecular complexity index is 629. The number of carbonyl (C=O) groups is 1. The number of carboxylic acid groups (broad SMARTS) is 1. The van der Waals surface area contributed by atoms with E-state index in [2.05, 4.69) is 0 Å². The maximum Gasteiger partial charge on any atom is 0.335 e. The number of hydrogen-bond donors (Lipinski definition) is 1. The molecule has 0 bridgehead atoms. The molecule has 0 radical (unpaired) electrons. The van der Waals surface area contributed by atoms with E-state index in [-0.39, 0.29) is 10.5 Å². The molecule has 1 aromatic carbocycles. The van der Waals surface area contributed by atoms with E-state index in [4.69, 9.17) is 5.11 Å². The molecule has 112 valence electrons. The maximum atomic E-state index is 12.3. The largest absolute Gasteiger partial charge is 0.478 e. The third kappa shape index (κ3) is 3.31. The Morgan fingerprint density at radius 1 is 1.35 bits per heavy atom. The summed E-state index contributed by atoms with van der Waals surface area (Å²) in [5.74, 6) is -1.28. The highest BCUT2D eigenvalue weighted by atomic mass is 32.2. The molecule has 0 spiro atoms. The van der Waals surface area contributed by atoms with E-state index in [1.165, 1.54) is 13.0 Å². The standard InChI is InChI=1S/C12H15F2NO4S/c1-7-4-9(12(16)17)5-10(8(7)2)20(18,19)15(3)6-11(13)14/h4-5,11H,6H2,1-3H3,(H,16,17). The zero-order valence-electron chi connectivity index (χ0n) is 11.2. The highest BCUT2D eigenvalue weighted by molar-refractivity contribution is 7.89. The third-order valence-electron chi connectivity index (χ3n) is 2.95. The zero-order chi connectivity index (χ0) is 15.7. The molecule has 0 aliphatic rings. The first kappa shape index (κ1) is 16.5. The summed E-state index contributed by atoms with van der Waals surface area (Å²) in [5, 5.41) is 8.95. The van der Waals surface area contributed by atoms with Gasteiger partial charge in [0.15, 0.2) is 0 Å². The number of halogens is 2. The van der Waals surface area contributed by atoms with Gasteiger partial charge >= 0.3 is 5.97 Å². The fraction of sp³-hybridized carbons (Fsp3) is 0.417. The van der Waals surface area contributed by atoms with Gasteiger partial charge in [0, 0.05) is 7.05 Å². The average Bonchev–Trinajstić information content (AvgIpc) is 2.30. The molecule has 1 rings (SSSR count). The second kappa shape index (κ2) is 5.84. The minimum Gasteiger partial charge on any atom is -0.478 e. The molecule has 0 fully saturated rings. The molecule has 0 atom stereocenters. The summed E-state index contributed by atoms with van der Waals surface area (Å²) < 4.78 is 49.6. The Morgan fingerprint density at radius 2 is 1.90 bits per heavy atom. The van der Waals surface area contributed by atoms with Crippen LogP contribution in [0.1, 0.15) is 21.5 Å². The summed E-state index contributed by atoms with van der Waals surface area (Å²) in [7, 11) is -3.12. The number of aryl methyl sites for hydroxylation is 1. The normalized spacial score (nSPS) is 12.2. The Hall–Kier alpha value is -1.54. The lowest BCUT2D eigenvalue weighted by Crippen LogP contribution is -2.32. The van der Waals surface area contributed by atoms with Crippen LogP contribution in [0.25, 0.3) is 0 Å². The number of rotatable bonds is 5. The van der Waals surface area contributed by atoms with Crippen molar-refractivity contribution >= 4 is 16.0 Å². The molecule has 0 unspecified atom stereocenters. The summed E-state index contributed by atoms with van der Waals surface area (Å²) in [6, 6.07) is 2.33. The smallest absolute Gasteiger partial charge is 0.335 e. The predicted octanol–water partition coefficient (Wildman–Crippen LogP) is 1.89. The van der Waals surface area contributed by atoms with E-state index in [0.717, 1.165) is 13.1 Å². The Kier molecular flexibility index (Phi) is 4.82. The minimum atomic E-state index is -4.15. The molecule has 0 saturated carbocycles. The van der Waals surface area contributed by atoms with Crippen LogP contribution in [0.3, 0.4) is 0 Å². The Labute approximate surface area is 115 Å². The van der Waals surface area contributed by atoms with Crippen molar-refractivity contribution in [2.45, 2.75) is 25.2 Å². The average molecular weight is 307 g/mol. The molecule has 1 N–H and O–H groups in total. The molecule has 20 heavy (non-hydrogen) atoms. The minimum absolute atomic E-state index is 0.197. The van der Waals surface area contributed by atoms with Crippen molar-refractivity contribution in [2.24, 2.45) is 0 Å². The number of carboxylic acids is 1. The highest BCUT2D eigenvalue weighted by Crippen LogP contribution is 2.24. The predicted molar refractivity (Wildman–Crippen MR) is 68.7 cm³/mol. The SMILES string of the molecule is Cc1cc(C(=O)O)cc(S(=O)(=O)N(C)CC(F)F)c1C. The van der Waals surface area contributed by atoms with Gasteiger partial charge in [-0.05, 0) is 37.1 Å². The quantitative estimate of drug-likeness (QED) is 0.901. The third-order valence-corrected chi connectivity index (χ3v) is 4.90. The van der Waals surface area contributed by atoms with Crippen LogP contribution in [0.5, 0.6) is 0 Å². The fourth-order valence-corrected chi connectivity index (χ4v) is 3.15. The van der Waals surface area contributed by atoms with Crippen molar-refractivity contribution in [1.29, 1.82) is 0 Å². The van der Waals surface area contributed by atoms with Gasteiger partial charge < -0.3 is 5.11 Å². The van der Waals surface area contributed by atoms with Crippen LogP contribution < -0.4 is 0 Å². The maximum absolute atomic E-state index is 12.3. The van der Waals surface area contributed by atoms with Crippen LogP contribution in [-0.4, -0.2) is 43.8 Å². The number of benzene rings is 1. The van der Waals surface area contributed by atoms with Crippen LogP contribution in [-0.2, 0) is 10.0 Å². The van der Waals surface area contributed by atoms with Crippen LogP contribution in [0.15, 0.2) is 17.0 Å².